The molecule has 0 aliphatic carbocycles. The van der Waals surface area contributed by atoms with E-state index in [2.05, 4.69) is 9.97 Å². The number of nitrogen functional groups attached to an aromatic ring is 1. The molecule has 0 fully saturated rings. The number of H-pyrrole nitrogens is 1. The predicted octanol–water partition coefficient (Wildman–Crippen LogP) is 2.22. The molecule has 0 amide bonds. The number of aryl methyl sites for hydroxylation is 1. The van der Waals surface area contributed by atoms with E-state index >= 15 is 0 Å². The molecule has 1 heterocycles. The molecule has 0 aliphatic rings. The van der Waals surface area contributed by atoms with Crippen LogP contribution in [0.1, 0.15) is 12.0 Å². The van der Waals surface area contributed by atoms with E-state index in [-0.39, 0.29) is 11.4 Å². The van der Waals surface area contributed by atoms with Gasteiger partial charge in [-0.05, 0) is 25.5 Å². The lowest BCUT2D eigenvalue weighted by Gasteiger charge is -2.06. The van der Waals surface area contributed by atoms with Crippen LogP contribution in [-0.2, 0) is 0 Å². The molecule has 1 aromatic carbocycles. The minimum absolute atomic E-state index is 0.226. The van der Waals surface area contributed by atoms with Crippen molar-refractivity contribution in [2.45, 2.75) is 18.5 Å². The minimum Gasteiger partial charge on any atom is -0.494 e. The van der Waals surface area contributed by atoms with E-state index in [9.17, 15) is 4.79 Å². The molecule has 0 radical (unpaired) electrons. The highest BCUT2D eigenvalue weighted by Crippen LogP contribution is 2.15. The number of ether oxygens (including phenoxy) is 1. The first kappa shape index (κ1) is 14.5. The Hall–Kier alpha value is -1.95. The SMILES string of the molecule is Cc1ccc(OCCCSc2nc(N)cc(=O)[nH]2)cc1. The summed E-state index contributed by atoms with van der Waals surface area (Å²) < 4.78 is 5.62. The summed E-state index contributed by atoms with van der Waals surface area (Å²) in [6.07, 6.45) is 0.858. The number of benzene rings is 1. The van der Waals surface area contributed by atoms with Crippen molar-refractivity contribution in [2.24, 2.45) is 0 Å². The van der Waals surface area contributed by atoms with E-state index in [1.807, 2.05) is 31.2 Å². The number of thioether (sulfide) groups is 1. The van der Waals surface area contributed by atoms with Gasteiger partial charge < -0.3 is 15.5 Å². The molecule has 0 bridgehead atoms. The largest absolute Gasteiger partial charge is 0.494 e. The first-order valence-electron chi connectivity index (χ1n) is 6.32. The minimum atomic E-state index is -0.226. The van der Waals surface area contributed by atoms with Crippen molar-refractivity contribution in [2.75, 3.05) is 18.1 Å². The smallest absolute Gasteiger partial charge is 0.253 e. The van der Waals surface area contributed by atoms with Crippen LogP contribution in [0, 0.1) is 6.92 Å². The molecule has 20 heavy (non-hydrogen) atoms. The van der Waals surface area contributed by atoms with E-state index in [1.54, 1.807) is 0 Å². The van der Waals surface area contributed by atoms with Crippen LogP contribution in [0.4, 0.5) is 5.82 Å². The fourth-order valence-corrected chi connectivity index (χ4v) is 2.37. The summed E-state index contributed by atoms with van der Waals surface area (Å²) in [6.45, 7) is 2.67. The lowest BCUT2D eigenvalue weighted by atomic mass is 10.2. The van der Waals surface area contributed by atoms with E-state index in [0.29, 0.717) is 11.8 Å². The second-order valence-corrected chi connectivity index (χ2v) is 5.42. The quantitative estimate of drug-likeness (QED) is 0.484. The highest BCUT2D eigenvalue weighted by atomic mass is 32.2. The van der Waals surface area contributed by atoms with Crippen molar-refractivity contribution in [1.29, 1.82) is 0 Å². The number of nitrogens with one attached hydrogen (secondary N) is 1. The second kappa shape index (κ2) is 7.00. The molecular formula is C14H17N3O2S. The zero-order valence-corrected chi connectivity index (χ0v) is 12.1. The molecule has 3 N–H and O–H groups in total. The third-order valence-corrected chi connectivity index (χ3v) is 3.52. The van der Waals surface area contributed by atoms with Gasteiger partial charge in [0, 0.05) is 11.8 Å². The van der Waals surface area contributed by atoms with Crippen LogP contribution in [0.5, 0.6) is 5.75 Å². The van der Waals surface area contributed by atoms with Crippen LogP contribution in [0.2, 0.25) is 0 Å². The van der Waals surface area contributed by atoms with Gasteiger partial charge in [0.25, 0.3) is 5.56 Å². The molecule has 0 saturated heterocycles. The van der Waals surface area contributed by atoms with Crippen molar-refractivity contribution in [3.05, 3.63) is 46.2 Å². The summed E-state index contributed by atoms with van der Waals surface area (Å²) in [7, 11) is 0. The van der Waals surface area contributed by atoms with Crippen molar-refractivity contribution in [3.63, 3.8) is 0 Å². The van der Waals surface area contributed by atoms with Crippen LogP contribution in [0.15, 0.2) is 40.3 Å². The Morgan fingerprint density at radius 1 is 1.35 bits per heavy atom. The second-order valence-electron chi connectivity index (χ2n) is 4.34. The number of aromatic amines is 1. The lowest BCUT2D eigenvalue weighted by molar-refractivity contribution is 0.318. The third-order valence-electron chi connectivity index (χ3n) is 2.56. The average molecular weight is 291 g/mol. The van der Waals surface area contributed by atoms with Gasteiger partial charge >= 0.3 is 0 Å². The Labute approximate surface area is 121 Å². The Kier molecular flexibility index (Phi) is 5.06. The monoisotopic (exact) mass is 291 g/mol. The topological polar surface area (TPSA) is 81.0 Å². The fourth-order valence-electron chi connectivity index (χ4n) is 1.57. The van der Waals surface area contributed by atoms with E-state index in [1.165, 1.54) is 23.4 Å². The van der Waals surface area contributed by atoms with Crippen LogP contribution in [-0.4, -0.2) is 22.3 Å². The summed E-state index contributed by atoms with van der Waals surface area (Å²) in [5, 5.41) is 0.547. The van der Waals surface area contributed by atoms with Gasteiger partial charge in [0.1, 0.15) is 11.6 Å². The third kappa shape index (κ3) is 4.62. The summed E-state index contributed by atoms with van der Waals surface area (Å²) in [5.74, 6) is 1.92. The van der Waals surface area contributed by atoms with Crippen LogP contribution < -0.4 is 16.0 Å². The maximum absolute atomic E-state index is 11.2. The van der Waals surface area contributed by atoms with Crippen molar-refractivity contribution >= 4 is 17.6 Å². The maximum atomic E-state index is 11.2. The van der Waals surface area contributed by atoms with Gasteiger partial charge in [-0.15, -0.1) is 0 Å². The normalized spacial score (nSPS) is 10.4. The van der Waals surface area contributed by atoms with Gasteiger partial charge in [0.15, 0.2) is 5.16 Å². The van der Waals surface area contributed by atoms with Gasteiger partial charge in [-0.1, -0.05) is 29.5 Å². The maximum Gasteiger partial charge on any atom is 0.253 e. The first-order chi connectivity index (χ1) is 9.63. The van der Waals surface area contributed by atoms with Crippen LogP contribution >= 0.6 is 11.8 Å². The van der Waals surface area contributed by atoms with E-state index in [4.69, 9.17) is 10.5 Å². The molecule has 106 valence electrons. The zero-order valence-electron chi connectivity index (χ0n) is 11.3. The summed E-state index contributed by atoms with van der Waals surface area (Å²) >= 11 is 1.46. The van der Waals surface area contributed by atoms with Crippen molar-refractivity contribution < 1.29 is 4.74 Å². The number of hydrogen-bond acceptors (Lipinski definition) is 5. The fraction of sp³-hybridized carbons (Fsp3) is 0.286. The predicted molar refractivity (Wildman–Crippen MR) is 81.3 cm³/mol. The van der Waals surface area contributed by atoms with Gasteiger partial charge in [0.05, 0.1) is 6.61 Å². The standard InChI is InChI=1S/C14H17N3O2S/c1-10-3-5-11(6-4-10)19-7-2-8-20-14-16-12(15)9-13(18)17-14/h3-6,9H,2,7-8H2,1H3,(H3,15,16,17,18). The number of aromatic nitrogens is 2. The van der Waals surface area contributed by atoms with E-state index in [0.717, 1.165) is 17.9 Å². The highest BCUT2D eigenvalue weighted by Gasteiger charge is 2.00. The highest BCUT2D eigenvalue weighted by molar-refractivity contribution is 7.99. The van der Waals surface area contributed by atoms with Gasteiger partial charge in [0.2, 0.25) is 0 Å². The summed E-state index contributed by atoms with van der Waals surface area (Å²) in [6, 6.07) is 9.22. The number of hydrogen-bond donors (Lipinski definition) is 2. The molecule has 0 saturated carbocycles. The molecule has 0 aliphatic heterocycles. The molecule has 5 nitrogen and oxygen atoms in total. The molecule has 0 atom stereocenters. The van der Waals surface area contributed by atoms with Gasteiger partial charge in [-0.25, -0.2) is 4.98 Å². The Morgan fingerprint density at radius 2 is 2.10 bits per heavy atom. The summed E-state index contributed by atoms with van der Waals surface area (Å²) in [5.41, 5.74) is 6.50. The van der Waals surface area contributed by atoms with Gasteiger partial charge in [-0.2, -0.15) is 0 Å². The Morgan fingerprint density at radius 3 is 2.80 bits per heavy atom. The van der Waals surface area contributed by atoms with Crippen LogP contribution in [0.3, 0.4) is 0 Å². The number of rotatable bonds is 6. The molecule has 0 unspecified atom stereocenters. The molecule has 2 aromatic rings. The number of anilines is 1. The molecule has 1 aromatic heterocycles. The van der Waals surface area contributed by atoms with Crippen molar-refractivity contribution in [3.8, 4) is 5.75 Å². The molecular weight excluding hydrogens is 274 g/mol. The van der Waals surface area contributed by atoms with Gasteiger partial charge in [-0.3, -0.25) is 4.79 Å². The molecule has 6 heteroatoms. The lowest BCUT2D eigenvalue weighted by Crippen LogP contribution is -2.09. The average Bonchev–Trinajstić information content (AvgIpc) is 2.39. The summed E-state index contributed by atoms with van der Waals surface area (Å²) in [4.78, 5) is 17.9. The van der Waals surface area contributed by atoms with E-state index < -0.39 is 0 Å². The molecule has 0 spiro atoms. The first-order valence-corrected chi connectivity index (χ1v) is 7.31. The molecule has 2 rings (SSSR count). The van der Waals surface area contributed by atoms with Crippen LogP contribution in [0.25, 0.3) is 0 Å². The number of nitrogens with two attached hydrogens (primary N) is 1. The Bertz CT molecular complexity index is 611. The van der Waals surface area contributed by atoms with Crippen molar-refractivity contribution in [1.82, 2.24) is 9.97 Å². The zero-order chi connectivity index (χ0) is 14.4. The number of nitrogens with zero attached hydrogens (tertiary/aromatic N) is 1. The Balaban J connectivity index is 1.71.